The average Bonchev–Trinajstić information content (AvgIpc) is 3.71. The maximum Gasteiger partial charge on any atom is 0.226 e. The highest BCUT2D eigenvalue weighted by Crippen LogP contribution is 2.71. The summed E-state index contributed by atoms with van der Waals surface area (Å²) in [5.74, 6) is 4.42. The molecule has 1 aromatic carbocycles. The van der Waals surface area contributed by atoms with E-state index in [-0.39, 0.29) is 28.4 Å². The van der Waals surface area contributed by atoms with Crippen LogP contribution in [0.15, 0.2) is 30.3 Å². The second-order valence-electron chi connectivity index (χ2n) is 15.1. The van der Waals surface area contributed by atoms with Crippen molar-refractivity contribution in [3.05, 3.63) is 30.3 Å². The average molecular weight is 538 g/mol. The van der Waals surface area contributed by atoms with Gasteiger partial charge in [0.05, 0.1) is 6.10 Å². The summed E-state index contributed by atoms with van der Waals surface area (Å²) in [6.07, 6.45) is 8.76. The van der Waals surface area contributed by atoms with Gasteiger partial charge in [-0.15, -0.1) is 0 Å². The molecule has 1 heterocycles. The summed E-state index contributed by atoms with van der Waals surface area (Å²) >= 11 is 0. The molecule has 0 spiro atoms. The number of fused-ring (bicyclic) bond motifs is 7. The van der Waals surface area contributed by atoms with Crippen molar-refractivity contribution in [2.24, 2.45) is 46.3 Å². The van der Waals surface area contributed by atoms with E-state index in [0.717, 1.165) is 69.6 Å². The summed E-state index contributed by atoms with van der Waals surface area (Å²) in [5, 5.41) is 11.3. The summed E-state index contributed by atoms with van der Waals surface area (Å²) < 4.78 is 20.5. The fraction of sp³-hybridized carbons (Fsp3) is 0.794. The van der Waals surface area contributed by atoms with Gasteiger partial charge in [0.25, 0.3) is 0 Å². The largest absolute Gasteiger partial charge is 0.487 e. The zero-order chi connectivity index (χ0) is 27.2. The number of alkyl halides is 1. The summed E-state index contributed by atoms with van der Waals surface area (Å²) in [6.45, 7) is 8.27. The molecule has 10 atom stereocenters. The van der Waals surface area contributed by atoms with Gasteiger partial charge >= 0.3 is 0 Å². The fourth-order valence-corrected chi connectivity index (χ4v) is 11.0. The van der Waals surface area contributed by atoms with Gasteiger partial charge in [-0.05, 0) is 125 Å². The molecule has 39 heavy (non-hydrogen) atoms. The Morgan fingerprint density at radius 2 is 1.64 bits per heavy atom. The van der Waals surface area contributed by atoms with Crippen LogP contribution in [0, 0.1) is 46.3 Å². The lowest BCUT2D eigenvalue weighted by Gasteiger charge is -2.68. The number of carbonyl (C=O) groups excluding carboxylic acids is 1. The van der Waals surface area contributed by atoms with Crippen molar-refractivity contribution >= 4 is 5.91 Å². The van der Waals surface area contributed by atoms with E-state index in [9.17, 15) is 14.3 Å². The van der Waals surface area contributed by atoms with Crippen LogP contribution in [0.1, 0.15) is 91.4 Å². The molecule has 0 bridgehead atoms. The predicted octanol–water partition coefficient (Wildman–Crippen LogP) is 6.80. The van der Waals surface area contributed by atoms with E-state index < -0.39 is 12.3 Å². The predicted molar refractivity (Wildman–Crippen MR) is 150 cm³/mol. The Kier molecular flexibility index (Phi) is 6.20. The van der Waals surface area contributed by atoms with Crippen molar-refractivity contribution in [1.82, 2.24) is 4.90 Å². The molecule has 0 aromatic heterocycles. The van der Waals surface area contributed by atoms with Crippen molar-refractivity contribution in [3.63, 3.8) is 0 Å². The van der Waals surface area contributed by atoms with E-state index in [4.69, 9.17) is 4.74 Å². The molecule has 6 fully saturated rings. The summed E-state index contributed by atoms with van der Waals surface area (Å²) in [4.78, 5) is 16.3. The maximum absolute atomic E-state index is 14.0. The van der Waals surface area contributed by atoms with E-state index in [2.05, 4.69) is 25.7 Å². The maximum atomic E-state index is 14.0. The number of benzene rings is 1. The number of piperidine rings is 1. The van der Waals surface area contributed by atoms with Gasteiger partial charge in [-0.25, -0.2) is 4.39 Å². The number of ether oxygens (including phenoxy) is 1. The van der Waals surface area contributed by atoms with Gasteiger partial charge in [-0.3, -0.25) is 4.79 Å². The number of rotatable bonds is 3. The van der Waals surface area contributed by atoms with Gasteiger partial charge in [0.15, 0.2) is 0 Å². The lowest BCUT2D eigenvalue weighted by Crippen LogP contribution is -2.69. The van der Waals surface area contributed by atoms with E-state index in [1.54, 1.807) is 0 Å². The number of hydrogen-bond acceptors (Lipinski definition) is 3. The molecule has 5 aliphatic carbocycles. The molecule has 1 unspecified atom stereocenters. The second kappa shape index (κ2) is 9.19. The molecular weight excluding hydrogens is 489 g/mol. The Labute approximate surface area is 234 Å². The van der Waals surface area contributed by atoms with Crippen molar-refractivity contribution in [2.75, 3.05) is 6.54 Å². The zero-order valence-corrected chi connectivity index (χ0v) is 24.2. The number of aliphatic hydroxyl groups is 1. The van der Waals surface area contributed by atoms with Crippen molar-refractivity contribution in [2.45, 2.75) is 115 Å². The molecule has 1 aliphatic heterocycles. The van der Waals surface area contributed by atoms with Crippen LogP contribution in [-0.4, -0.2) is 46.4 Å². The number of para-hydroxylation sites is 1. The van der Waals surface area contributed by atoms with E-state index in [0.29, 0.717) is 42.4 Å². The topological polar surface area (TPSA) is 49.8 Å². The monoisotopic (exact) mass is 537 g/mol. The number of nitrogens with zero attached hydrogens (tertiary/aromatic N) is 1. The van der Waals surface area contributed by atoms with Crippen molar-refractivity contribution in [3.8, 4) is 5.75 Å². The first-order valence-electron chi connectivity index (χ1n) is 16.0. The molecule has 4 nitrogen and oxygen atoms in total. The standard InChI is InChI=1S/C34H48FNO3/c1-32-17-15-28(37)30(39-24-7-5-4-6-8-24)33(32,2)16-13-25-27(32)14-18-34(3)29(25)26-19-22(26)20-36(34)31(38)21-9-11-23(35)12-10-21/h4-8,21-23,25-30,37H,9-20H2,1-3H3/t21-,22?,23+,25-,26-,27+,28+,29-,30+,32-,33+,34+/m1/s1. The summed E-state index contributed by atoms with van der Waals surface area (Å²) in [5.41, 5.74) is -0.0552. The van der Waals surface area contributed by atoms with E-state index in [1.807, 2.05) is 30.3 Å². The number of amides is 1. The van der Waals surface area contributed by atoms with Gasteiger partial charge in [0.2, 0.25) is 5.91 Å². The number of halogens is 1. The van der Waals surface area contributed by atoms with Crippen LogP contribution in [0.4, 0.5) is 4.39 Å². The highest BCUT2D eigenvalue weighted by atomic mass is 19.1. The summed E-state index contributed by atoms with van der Waals surface area (Å²) in [6, 6.07) is 10.1. The van der Waals surface area contributed by atoms with Gasteiger partial charge < -0.3 is 14.7 Å². The molecule has 6 aliphatic rings. The first-order valence-corrected chi connectivity index (χ1v) is 16.0. The second-order valence-corrected chi connectivity index (χ2v) is 15.1. The van der Waals surface area contributed by atoms with Crippen molar-refractivity contribution in [1.29, 1.82) is 0 Å². The quantitative estimate of drug-likeness (QED) is 0.461. The Morgan fingerprint density at radius 1 is 0.923 bits per heavy atom. The van der Waals surface area contributed by atoms with Gasteiger partial charge in [0.1, 0.15) is 18.0 Å². The number of hydrogen-bond donors (Lipinski definition) is 1. The van der Waals surface area contributed by atoms with Crippen LogP contribution in [0.3, 0.4) is 0 Å². The molecule has 0 radical (unpaired) electrons. The van der Waals surface area contributed by atoms with E-state index >= 15 is 0 Å². The third kappa shape index (κ3) is 3.87. The highest BCUT2D eigenvalue weighted by molar-refractivity contribution is 5.80. The van der Waals surface area contributed by atoms with Crippen LogP contribution in [0.5, 0.6) is 5.75 Å². The van der Waals surface area contributed by atoms with Crippen LogP contribution in [-0.2, 0) is 4.79 Å². The number of likely N-dealkylation sites (tertiary alicyclic amines) is 1. The molecule has 7 rings (SSSR count). The lowest BCUT2D eigenvalue weighted by atomic mass is 9.39. The third-order valence-corrected chi connectivity index (χ3v) is 13.5. The minimum absolute atomic E-state index is 0.0189. The normalized spacial score (nSPS) is 50.6. The highest BCUT2D eigenvalue weighted by Gasteiger charge is 2.70. The van der Waals surface area contributed by atoms with Crippen molar-refractivity contribution < 1.29 is 19.0 Å². The van der Waals surface area contributed by atoms with E-state index in [1.165, 1.54) is 6.42 Å². The molecule has 214 valence electrons. The van der Waals surface area contributed by atoms with Crippen LogP contribution in [0.2, 0.25) is 0 Å². The van der Waals surface area contributed by atoms with Gasteiger partial charge in [-0.1, -0.05) is 32.0 Å². The number of carbonyl (C=O) groups is 1. The first-order chi connectivity index (χ1) is 18.7. The smallest absolute Gasteiger partial charge is 0.226 e. The lowest BCUT2D eigenvalue weighted by molar-refractivity contribution is -0.223. The first kappa shape index (κ1) is 26.3. The summed E-state index contributed by atoms with van der Waals surface area (Å²) in [7, 11) is 0. The molecule has 5 saturated carbocycles. The van der Waals surface area contributed by atoms with Crippen LogP contribution in [0.25, 0.3) is 0 Å². The van der Waals surface area contributed by atoms with Crippen LogP contribution >= 0.6 is 0 Å². The SMILES string of the molecule is C[C@]12CC[C@H]3[C@@H](CC[C@@]4(C)[C@@H](Oc5ccccc5)[C@@H](O)CC[C@]34C)[C@@H]1[C@@H]1CC1CN2C(=O)[C@H]1CC[C@@H](F)CC1. The number of aliphatic hydroxyl groups excluding tert-OH is 1. The minimum Gasteiger partial charge on any atom is -0.487 e. The zero-order valence-electron chi connectivity index (χ0n) is 24.2. The Balaban J connectivity index is 1.17. The van der Waals surface area contributed by atoms with Gasteiger partial charge in [-0.2, -0.15) is 0 Å². The Hall–Kier alpha value is -1.62. The molecule has 1 saturated heterocycles. The molecule has 1 aromatic rings. The Morgan fingerprint density at radius 3 is 2.38 bits per heavy atom. The molecular formula is C34H48FNO3. The molecule has 1 N–H and O–H groups in total. The molecule has 1 amide bonds. The van der Waals surface area contributed by atoms with Crippen LogP contribution < -0.4 is 4.74 Å². The fourth-order valence-electron chi connectivity index (χ4n) is 11.0. The van der Waals surface area contributed by atoms with Gasteiger partial charge in [0, 0.05) is 23.4 Å². The molecule has 5 heteroatoms. The minimum atomic E-state index is -0.719. The third-order valence-electron chi connectivity index (χ3n) is 13.5. The Bertz CT molecular complexity index is 1090.